The van der Waals surface area contributed by atoms with E-state index in [1.165, 1.54) is 0 Å². The van der Waals surface area contributed by atoms with Crippen molar-refractivity contribution in [2.45, 2.75) is 77.5 Å². The number of hydrogen-bond acceptors (Lipinski definition) is 9. The van der Waals surface area contributed by atoms with Crippen LogP contribution in [0.5, 0.6) is 11.5 Å². The summed E-state index contributed by atoms with van der Waals surface area (Å²) in [4.78, 5) is 40.4. The van der Waals surface area contributed by atoms with Crippen LogP contribution in [0.1, 0.15) is 70.9 Å². The Bertz CT molecular complexity index is 1510. The molecule has 0 aliphatic carbocycles. The summed E-state index contributed by atoms with van der Waals surface area (Å²) >= 11 is 0. The molecule has 3 atom stereocenters. The summed E-state index contributed by atoms with van der Waals surface area (Å²) in [5.74, 6) is -0.127. The number of likely N-dealkylation sites (tertiary alicyclic amines) is 1. The molecule has 6 N–H and O–H groups in total. The lowest BCUT2D eigenvalue weighted by Crippen LogP contribution is -2.54. The average Bonchev–Trinajstić information content (AvgIpc) is 3.48. The number of hydrogen-bond donors (Lipinski definition) is 5. The van der Waals surface area contributed by atoms with Gasteiger partial charge < -0.3 is 36.2 Å². The number of aliphatic hydroxyl groups excluding tert-OH is 1. The predicted octanol–water partition coefficient (Wildman–Crippen LogP) is 3.74. The number of anilines is 1. The summed E-state index contributed by atoms with van der Waals surface area (Å²) in [5, 5.41) is 34.1. The molecule has 2 heterocycles. The smallest absolute Gasteiger partial charge is 0.245 e. The SMILES string of the molecule is CC(C)(C)[C@H](NC(=O)CCCCCC(=O)NC(COc1cc(-c2ccccc2O)nnc1N)c1ccccc1)C(=O)N1CC[C@@H](O)C1. The van der Waals surface area contributed by atoms with E-state index in [1.54, 1.807) is 35.2 Å². The van der Waals surface area contributed by atoms with Crippen LogP contribution in [0.3, 0.4) is 0 Å². The molecule has 47 heavy (non-hydrogen) atoms. The van der Waals surface area contributed by atoms with Crippen molar-refractivity contribution in [3.63, 3.8) is 0 Å². The molecule has 3 aromatic rings. The minimum atomic E-state index is -0.682. The van der Waals surface area contributed by atoms with Gasteiger partial charge in [-0.15, -0.1) is 10.2 Å². The Balaban J connectivity index is 1.26. The van der Waals surface area contributed by atoms with Crippen molar-refractivity contribution in [2.24, 2.45) is 5.41 Å². The molecule has 1 aliphatic heterocycles. The van der Waals surface area contributed by atoms with Crippen molar-refractivity contribution in [1.82, 2.24) is 25.7 Å². The highest BCUT2D eigenvalue weighted by Crippen LogP contribution is 2.31. The number of carbonyl (C=O) groups is 3. The van der Waals surface area contributed by atoms with Crippen LogP contribution in [0, 0.1) is 5.41 Å². The third kappa shape index (κ3) is 10.1. The fourth-order valence-electron chi connectivity index (χ4n) is 5.42. The van der Waals surface area contributed by atoms with E-state index in [9.17, 15) is 24.6 Å². The highest BCUT2D eigenvalue weighted by molar-refractivity contribution is 5.88. The van der Waals surface area contributed by atoms with Crippen LogP contribution in [0.15, 0.2) is 60.7 Å². The Morgan fingerprint density at radius 2 is 1.64 bits per heavy atom. The van der Waals surface area contributed by atoms with Crippen LogP contribution >= 0.6 is 0 Å². The van der Waals surface area contributed by atoms with Gasteiger partial charge in [0, 0.05) is 37.6 Å². The van der Waals surface area contributed by atoms with Crippen molar-refractivity contribution in [2.75, 3.05) is 25.4 Å². The molecule has 1 aromatic heterocycles. The zero-order valence-electron chi connectivity index (χ0n) is 27.3. The van der Waals surface area contributed by atoms with Gasteiger partial charge in [-0.1, -0.05) is 69.7 Å². The van der Waals surface area contributed by atoms with Crippen LogP contribution < -0.4 is 21.1 Å². The second kappa shape index (κ2) is 16.2. The molecule has 2 aromatic carbocycles. The van der Waals surface area contributed by atoms with Gasteiger partial charge >= 0.3 is 0 Å². The number of nitrogens with one attached hydrogen (secondary N) is 2. The average molecular weight is 647 g/mol. The molecule has 0 saturated carbocycles. The van der Waals surface area contributed by atoms with E-state index in [0.29, 0.717) is 43.5 Å². The van der Waals surface area contributed by atoms with Gasteiger partial charge in [0.15, 0.2) is 11.6 Å². The first kappa shape index (κ1) is 35.1. The van der Waals surface area contributed by atoms with Gasteiger partial charge in [-0.05, 0) is 42.4 Å². The first-order valence-electron chi connectivity index (χ1n) is 16.1. The van der Waals surface area contributed by atoms with E-state index < -0.39 is 23.6 Å². The monoisotopic (exact) mass is 646 g/mol. The van der Waals surface area contributed by atoms with Crippen molar-refractivity contribution in [3.8, 4) is 22.8 Å². The molecule has 1 fully saturated rings. The number of benzene rings is 2. The second-order valence-corrected chi connectivity index (χ2v) is 13.0. The Morgan fingerprint density at radius 3 is 2.28 bits per heavy atom. The van der Waals surface area contributed by atoms with Crippen LogP contribution in [-0.4, -0.2) is 74.9 Å². The number of aromatic nitrogens is 2. The van der Waals surface area contributed by atoms with Crippen molar-refractivity contribution >= 4 is 23.5 Å². The fraction of sp³-hybridized carbons (Fsp3) is 0.457. The van der Waals surface area contributed by atoms with E-state index in [0.717, 1.165) is 5.56 Å². The zero-order chi connectivity index (χ0) is 34.0. The standard InChI is InChI=1S/C35H46N6O6/c1-35(2,3)32(34(46)41-19-18-24(42)21-41)38-31(45)17-9-5-8-16-30(44)37-27(23-12-6-4-7-13-23)22-47-29-20-26(39-40-33(29)36)25-14-10-11-15-28(25)43/h4,6-7,10-15,20,24,27,32,42-43H,5,8-9,16-19,21-22H2,1-3H3,(H2,36,40)(H,37,44)(H,38,45)/t24-,27?,32-/m1/s1. The number of carbonyl (C=O) groups excluding carboxylic acids is 3. The third-order valence-corrected chi connectivity index (χ3v) is 8.11. The molecular formula is C35H46N6O6. The first-order valence-corrected chi connectivity index (χ1v) is 16.1. The molecular weight excluding hydrogens is 600 g/mol. The van der Waals surface area contributed by atoms with Gasteiger partial charge in [-0.3, -0.25) is 14.4 Å². The molecule has 0 bridgehead atoms. The van der Waals surface area contributed by atoms with Crippen LogP contribution in [0.2, 0.25) is 0 Å². The van der Waals surface area contributed by atoms with Gasteiger partial charge in [0.05, 0.1) is 12.1 Å². The van der Waals surface area contributed by atoms with E-state index in [-0.39, 0.29) is 61.0 Å². The summed E-state index contributed by atoms with van der Waals surface area (Å²) in [6, 6.07) is 16.6. The van der Waals surface area contributed by atoms with Gasteiger partial charge in [0.2, 0.25) is 17.7 Å². The van der Waals surface area contributed by atoms with Gasteiger partial charge in [0.25, 0.3) is 0 Å². The summed E-state index contributed by atoms with van der Waals surface area (Å²) in [5.41, 5.74) is 7.29. The molecule has 12 heteroatoms. The van der Waals surface area contributed by atoms with Crippen molar-refractivity contribution < 1.29 is 29.3 Å². The maximum absolute atomic E-state index is 13.1. The number of nitrogens with two attached hydrogens (primary N) is 1. The number of unbranched alkanes of at least 4 members (excludes halogenated alkanes) is 2. The largest absolute Gasteiger partial charge is 0.507 e. The van der Waals surface area contributed by atoms with E-state index in [4.69, 9.17) is 10.5 Å². The Morgan fingerprint density at radius 1 is 0.979 bits per heavy atom. The lowest BCUT2D eigenvalue weighted by molar-refractivity contribution is -0.139. The number of ether oxygens (including phenoxy) is 1. The lowest BCUT2D eigenvalue weighted by atomic mass is 9.85. The summed E-state index contributed by atoms with van der Waals surface area (Å²) in [6.45, 7) is 6.57. The minimum absolute atomic E-state index is 0.0517. The maximum atomic E-state index is 13.1. The van der Waals surface area contributed by atoms with Crippen LogP contribution in [-0.2, 0) is 14.4 Å². The number of rotatable bonds is 14. The number of phenols is 1. The molecule has 252 valence electrons. The molecule has 1 saturated heterocycles. The molecule has 12 nitrogen and oxygen atoms in total. The van der Waals surface area contributed by atoms with Gasteiger partial charge in [0.1, 0.15) is 24.1 Å². The lowest BCUT2D eigenvalue weighted by Gasteiger charge is -2.33. The highest BCUT2D eigenvalue weighted by Gasteiger charge is 2.37. The van der Waals surface area contributed by atoms with E-state index >= 15 is 0 Å². The summed E-state index contributed by atoms with van der Waals surface area (Å²) in [6.07, 6.45) is 2.35. The summed E-state index contributed by atoms with van der Waals surface area (Å²) < 4.78 is 6.03. The highest BCUT2D eigenvalue weighted by atomic mass is 16.5. The molecule has 1 aliphatic rings. The normalized spacial score (nSPS) is 15.9. The van der Waals surface area contributed by atoms with E-state index in [2.05, 4.69) is 20.8 Å². The first-order chi connectivity index (χ1) is 22.4. The number of nitrogens with zero attached hydrogens (tertiary/aromatic N) is 3. The molecule has 3 amide bonds. The van der Waals surface area contributed by atoms with Crippen molar-refractivity contribution in [1.29, 1.82) is 0 Å². The third-order valence-electron chi connectivity index (χ3n) is 8.11. The molecule has 1 unspecified atom stereocenters. The van der Waals surface area contributed by atoms with Crippen LogP contribution in [0.25, 0.3) is 11.3 Å². The number of para-hydroxylation sites is 1. The topological polar surface area (TPSA) is 180 Å². The predicted molar refractivity (Wildman–Crippen MR) is 178 cm³/mol. The number of β-amino-alcohol motifs (C(OH)–C–C–N with tert-alkyl or cyclic N) is 1. The molecule has 0 radical (unpaired) electrons. The summed E-state index contributed by atoms with van der Waals surface area (Å²) in [7, 11) is 0. The van der Waals surface area contributed by atoms with Crippen molar-refractivity contribution in [3.05, 3.63) is 66.2 Å². The Hall–Kier alpha value is -4.71. The molecule has 0 spiro atoms. The number of amides is 3. The van der Waals surface area contributed by atoms with Gasteiger partial charge in [-0.25, -0.2) is 0 Å². The zero-order valence-corrected chi connectivity index (χ0v) is 27.3. The van der Waals surface area contributed by atoms with E-state index in [1.807, 2.05) is 51.1 Å². The Labute approximate surface area is 275 Å². The maximum Gasteiger partial charge on any atom is 0.245 e. The molecule has 4 rings (SSSR count). The fourth-order valence-corrected chi connectivity index (χ4v) is 5.42. The number of aliphatic hydroxyl groups is 1. The second-order valence-electron chi connectivity index (χ2n) is 13.0. The Kier molecular flexibility index (Phi) is 12.1. The minimum Gasteiger partial charge on any atom is -0.507 e. The number of nitrogen functional groups attached to an aromatic ring is 1. The number of phenolic OH excluding ortho intramolecular Hbond substituents is 1. The van der Waals surface area contributed by atoms with Crippen LogP contribution in [0.4, 0.5) is 5.82 Å². The van der Waals surface area contributed by atoms with Gasteiger partial charge in [-0.2, -0.15) is 0 Å². The quantitative estimate of drug-likeness (QED) is 0.163. The number of aromatic hydroxyl groups is 1.